The molecule has 0 saturated carbocycles. The van der Waals surface area contributed by atoms with Crippen molar-refractivity contribution in [2.75, 3.05) is 33.1 Å². The molecular formula is C23H32N3O2Si+. The Morgan fingerprint density at radius 2 is 1.97 bits per heavy atom. The normalized spacial score (nSPS) is 20.0. The Balaban J connectivity index is 2.27. The summed E-state index contributed by atoms with van der Waals surface area (Å²) in [7, 11) is 6.00. The lowest BCUT2D eigenvalue weighted by Crippen LogP contribution is -2.57. The van der Waals surface area contributed by atoms with Crippen LogP contribution < -0.4 is 10.1 Å². The molecule has 1 aliphatic heterocycles. The van der Waals surface area contributed by atoms with Crippen molar-refractivity contribution in [1.29, 1.82) is 0 Å². The fourth-order valence-corrected chi connectivity index (χ4v) is 9.88. The predicted molar refractivity (Wildman–Crippen MR) is 124 cm³/mol. The number of hydrogen-bond donors (Lipinski definition) is 1. The first kappa shape index (κ1) is 21.2. The minimum atomic E-state index is -2.23. The molecule has 0 amide bonds. The van der Waals surface area contributed by atoms with Crippen molar-refractivity contribution in [2.45, 2.75) is 38.3 Å². The van der Waals surface area contributed by atoms with Gasteiger partial charge in [-0.3, -0.25) is 4.79 Å². The van der Waals surface area contributed by atoms with Crippen LogP contribution in [-0.4, -0.2) is 63.3 Å². The van der Waals surface area contributed by atoms with Crippen LogP contribution >= 0.6 is 0 Å². The molecule has 154 valence electrons. The van der Waals surface area contributed by atoms with E-state index in [0.717, 1.165) is 17.4 Å². The molecule has 1 aliphatic carbocycles. The third-order valence-corrected chi connectivity index (χ3v) is 12.0. The summed E-state index contributed by atoms with van der Waals surface area (Å²) in [5.41, 5.74) is 4.87. The number of fused-ring (bicyclic) bond motifs is 2. The number of hydrogen-bond acceptors (Lipinski definition) is 3. The second kappa shape index (κ2) is 8.11. The van der Waals surface area contributed by atoms with E-state index in [4.69, 9.17) is 4.99 Å². The van der Waals surface area contributed by atoms with Crippen LogP contribution in [0.3, 0.4) is 0 Å². The number of nitrogens with zero attached hydrogens (tertiary/aromatic N) is 3. The van der Waals surface area contributed by atoms with Crippen LogP contribution in [-0.2, 0) is 4.79 Å². The van der Waals surface area contributed by atoms with Crippen molar-refractivity contribution in [2.24, 2.45) is 4.99 Å². The molecule has 0 radical (unpaired) electrons. The molecule has 0 spiro atoms. The summed E-state index contributed by atoms with van der Waals surface area (Å²) in [4.78, 5) is 18.4. The van der Waals surface area contributed by atoms with Crippen molar-refractivity contribution >= 4 is 42.0 Å². The van der Waals surface area contributed by atoms with E-state index in [0.29, 0.717) is 12.0 Å². The quantitative estimate of drug-likeness (QED) is 0.443. The van der Waals surface area contributed by atoms with Crippen LogP contribution in [0.1, 0.15) is 26.7 Å². The second-order valence-electron chi connectivity index (χ2n) is 8.68. The van der Waals surface area contributed by atoms with Gasteiger partial charge in [0.05, 0.1) is 11.4 Å². The van der Waals surface area contributed by atoms with Crippen molar-refractivity contribution < 1.29 is 14.5 Å². The van der Waals surface area contributed by atoms with Gasteiger partial charge in [0.15, 0.2) is 5.71 Å². The maximum Gasteiger partial charge on any atom is 0.303 e. The summed E-state index contributed by atoms with van der Waals surface area (Å²) >= 11 is 0. The first-order valence-corrected chi connectivity index (χ1v) is 12.5. The first-order chi connectivity index (χ1) is 13.7. The smallest absolute Gasteiger partial charge is 0.303 e. The Kier molecular flexibility index (Phi) is 5.94. The Morgan fingerprint density at radius 3 is 2.55 bits per heavy atom. The van der Waals surface area contributed by atoms with Crippen LogP contribution in [0.25, 0.3) is 0 Å². The molecule has 6 heteroatoms. The molecule has 0 aromatic heterocycles. The number of anilines is 1. The Morgan fingerprint density at radius 1 is 1.24 bits per heavy atom. The topological polar surface area (TPSA) is 55.9 Å². The van der Waals surface area contributed by atoms with Crippen LogP contribution in [0.4, 0.5) is 11.4 Å². The third-order valence-electron chi connectivity index (χ3n) is 6.14. The fraction of sp³-hybridized carbons (Fsp3) is 0.435. The molecule has 1 aromatic carbocycles. The van der Waals surface area contributed by atoms with Gasteiger partial charge in [-0.1, -0.05) is 13.8 Å². The van der Waals surface area contributed by atoms with Gasteiger partial charge >= 0.3 is 5.97 Å². The van der Waals surface area contributed by atoms with Crippen LogP contribution in [0, 0.1) is 0 Å². The highest BCUT2D eigenvalue weighted by atomic mass is 28.3. The van der Waals surface area contributed by atoms with Crippen LogP contribution in [0.15, 0.2) is 46.6 Å². The predicted octanol–water partition coefficient (Wildman–Crippen LogP) is 3.52. The molecule has 1 atom stereocenters. The third kappa shape index (κ3) is 3.86. The van der Waals surface area contributed by atoms with E-state index in [2.05, 4.69) is 87.9 Å². The van der Waals surface area contributed by atoms with Crippen molar-refractivity contribution in [3.05, 3.63) is 41.6 Å². The number of aliphatic imine (C=N–C) groups is 1. The molecular weight excluding hydrogens is 378 g/mol. The minimum absolute atomic E-state index is 0.212. The SMILES string of the molecule is CC(C)[Si]1(CCCC(=O)O)C2=CC(=[N+](C)C)C=CC2=Nc2ccc(N(C)C)cc21. The standard InChI is InChI=1S/C23H31N3O2Si/c1-16(2)29(13-7-8-23(27)28)21-14-17(25(3)4)9-11-19(21)24-20-12-10-18(26(5)6)15-22(20)29/h9-12,14-16H,7-8,13H2,1-6H3/p+1. The van der Waals surface area contributed by atoms with E-state index in [1.165, 1.54) is 21.8 Å². The Labute approximate surface area is 174 Å². The Hall–Kier alpha value is -2.47. The number of benzene rings is 1. The second-order valence-corrected chi connectivity index (χ2v) is 13.4. The Bertz CT molecular complexity index is 953. The zero-order valence-corrected chi connectivity index (χ0v) is 19.4. The molecule has 1 aromatic rings. The largest absolute Gasteiger partial charge is 0.481 e. The summed E-state index contributed by atoms with van der Waals surface area (Å²) in [6.07, 6.45) is 7.46. The zero-order valence-electron chi connectivity index (χ0n) is 18.4. The van der Waals surface area contributed by atoms with Gasteiger partial charge in [-0.05, 0) is 52.7 Å². The van der Waals surface area contributed by atoms with E-state index < -0.39 is 14.0 Å². The van der Waals surface area contributed by atoms with Gasteiger partial charge in [-0.2, -0.15) is 0 Å². The van der Waals surface area contributed by atoms with Crippen molar-refractivity contribution in [3.8, 4) is 0 Å². The first-order valence-electron chi connectivity index (χ1n) is 10.2. The molecule has 2 aliphatic rings. The lowest BCUT2D eigenvalue weighted by molar-refractivity contribution is -0.462. The van der Waals surface area contributed by atoms with Gasteiger partial charge in [-0.15, -0.1) is 0 Å². The van der Waals surface area contributed by atoms with E-state index in [-0.39, 0.29) is 6.42 Å². The van der Waals surface area contributed by atoms with Crippen LogP contribution in [0.5, 0.6) is 0 Å². The van der Waals surface area contributed by atoms with E-state index in [9.17, 15) is 9.90 Å². The highest BCUT2D eigenvalue weighted by Crippen LogP contribution is 2.41. The van der Waals surface area contributed by atoms with Gasteiger partial charge < -0.3 is 10.0 Å². The highest BCUT2D eigenvalue weighted by Gasteiger charge is 2.48. The number of carboxylic acid groups (broad SMARTS) is 1. The van der Waals surface area contributed by atoms with Gasteiger partial charge in [-0.25, -0.2) is 9.57 Å². The molecule has 5 nitrogen and oxygen atoms in total. The fourth-order valence-electron chi connectivity index (χ4n) is 4.49. The van der Waals surface area contributed by atoms with Crippen LogP contribution in [0.2, 0.25) is 11.6 Å². The van der Waals surface area contributed by atoms with E-state index >= 15 is 0 Å². The number of carboxylic acids is 1. The number of rotatable bonds is 6. The average molecular weight is 411 g/mol. The summed E-state index contributed by atoms with van der Waals surface area (Å²) < 4.78 is 2.13. The number of carbonyl (C=O) groups is 1. The number of allylic oxidation sites excluding steroid dienone is 4. The zero-order chi connectivity index (χ0) is 21.3. The molecule has 0 saturated heterocycles. The average Bonchev–Trinajstić information content (AvgIpc) is 2.65. The summed E-state index contributed by atoms with van der Waals surface area (Å²) in [6.45, 7) is 4.60. The highest BCUT2D eigenvalue weighted by molar-refractivity contribution is 7.03. The number of aliphatic carboxylic acids is 1. The molecule has 3 rings (SSSR count). The molecule has 29 heavy (non-hydrogen) atoms. The van der Waals surface area contributed by atoms with Gasteiger partial charge in [0.25, 0.3) is 0 Å². The molecule has 1 unspecified atom stereocenters. The molecule has 1 N–H and O–H groups in total. The monoisotopic (exact) mass is 410 g/mol. The van der Waals surface area contributed by atoms with Gasteiger partial charge in [0, 0.05) is 38.4 Å². The maximum absolute atomic E-state index is 11.3. The van der Waals surface area contributed by atoms with Crippen molar-refractivity contribution in [1.82, 2.24) is 0 Å². The van der Waals surface area contributed by atoms with Gasteiger partial charge in [0.1, 0.15) is 22.2 Å². The van der Waals surface area contributed by atoms with E-state index in [1.807, 2.05) is 0 Å². The molecule has 0 fully saturated rings. The molecule has 0 bridgehead atoms. The minimum Gasteiger partial charge on any atom is -0.481 e. The van der Waals surface area contributed by atoms with Crippen molar-refractivity contribution in [3.63, 3.8) is 0 Å². The summed E-state index contributed by atoms with van der Waals surface area (Å²) in [5.74, 6) is -0.720. The lowest BCUT2D eigenvalue weighted by Gasteiger charge is -2.42. The lowest BCUT2D eigenvalue weighted by atomic mass is 10.1. The summed E-state index contributed by atoms with van der Waals surface area (Å²) in [6, 6.07) is 7.48. The summed E-state index contributed by atoms with van der Waals surface area (Å²) in [5, 5.41) is 12.0. The van der Waals surface area contributed by atoms with E-state index in [1.54, 1.807) is 0 Å². The molecule has 1 heterocycles. The van der Waals surface area contributed by atoms with Gasteiger partial charge in [0.2, 0.25) is 0 Å². The maximum atomic E-state index is 11.3.